The van der Waals surface area contributed by atoms with Gasteiger partial charge in [0.2, 0.25) is 0 Å². The number of para-hydroxylation sites is 1. The molecule has 5 nitrogen and oxygen atoms in total. The van der Waals surface area contributed by atoms with Crippen molar-refractivity contribution in [2.24, 2.45) is 0 Å². The van der Waals surface area contributed by atoms with Crippen LogP contribution in [0.2, 0.25) is 0 Å². The third-order valence-corrected chi connectivity index (χ3v) is 4.64. The summed E-state index contributed by atoms with van der Waals surface area (Å²) < 4.78 is 11.0. The number of methoxy groups -OCH3 is 1. The minimum Gasteiger partial charge on any atom is -0.493 e. The number of aliphatic hydroxyl groups is 1. The summed E-state index contributed by atoms with van der Waals surface area (Å²) in [5, 5.41) is 10.4. The summed E-state index contributed by atoms with van der Waals surface area (Å²) in [5.41, 5.74) is 3.09. The normalized spacial score (nSPS) is 14.5. The topological polar surface area (TPSA) is 59.0 Å². The Balaban J connectivity index is 1.61. The highest BCUT2D eigenvalue weighted by atomic mass is 16.5. The molecule has 1 atom stereocenters. The van der Waals surface area contributed by atoms with Crippen LogP contribution in [0.3, 0.4) is 0 Å². The molecule has 5 heteroatoms. The van der Waals surface area contributed by atoms with Gasteiger partial charge in [0.15, 0.2) is 17.3 Å². The van der Waals surface area contributed by atoms with Gasteiger partial charge in [0.1, 0.15) is 12.7 Å². The van der Waals surface area contributed by atoms with E-state index in [2.05, 4.69) is 23.1 Å². The largest absolute Gasteiger partial charge is 0.493 e. The van der Waals surface area contributed by atoms with E-state index in [9.17, 15) is 9.90 Å². The van der Waals surface area contributed by atoms with Gasteiger partial charge in [-0.2, -0.15) is 0 Å². The van der Waals surface area contributed by atoms with Crippen molar-refractivity contribution >= 4 is 11.5 Å². The quantitative estimate of drug-likeness (QED) is 0.774. The predicted octanol–water partition coefficient (Wildman–Crippen LogP) is 3.09. The second kappa shape index (κ2) is 8.23. The molecule has 3 rings (SSSR count). The molecule has 0 amide bonds. The monoisotopic (exact) mass is 355 g/mol. The molecule has 0 spiro atoms. The van der Waals surface area contributed by atoms with Crippen molar-refractivity contribution in [3.63, 3.8) is 0 Å². The van der Waals surface area contributed by atoms with E-state index in [-0.39, 0.29) is 12.4 Å². The average molecular weight is 355 g/mol. The van der Waals surface area contributed by atoms with Crippen molar-refractivity contribution in [2.75, 3.05) is 31.7 Å². The summed E-state index contributed by atoms with van der Waals surface area (Å²) >= 11 is 0. The number of carbonyl (C=O) groups is 1. The molecule has 0 fully saturated rings. The van der Waals surface area contributed by atoms with Crippen LogP contribution in [0.25, 0.3) is 0 Å². The number of hydrogen-bond donors (Lipinski definition) is 1. The molecule has 1 heterocycles. The van der Waals surface area contributed by atoms with Crippen LogP contribution in [0.5, 0.6) is 11.5 Å². The van der Waals surface area contributed by atoms with E-state index in [0.717, 1.165) is 19.4 Å². The minimum absolute atomic E-state index is 0.0290. The zero-order valence-electron chi connectivity index (χ0n) is 15.3. The molecule has 0 bridgehead atoms. The molecule has 0 aromatic heterocycles. The van der Waals surface area contributed by atoms with Crippen molar-refractivity contribution < 1.29 is 19.4 Å². The average Bonchev–Trinajstić information content (AvgIpc) is 2.66. The fourth-order valence-corrected chi connectivity index (χ4v) is 3.30. The van der Waals surface area contributed by atoms with Gasteiger partial charge in [0.25, 0.3) is 0 Å². The Hall–Kier alpha value is -2.53. The van der Waals surface area contributed by atoms with Gasteiger partial charge in [-0.15, -0.1) is 0 Å². The van der Waals surface area contributed by atoms with Crippen molar-refractivity contribution in [3.05, 3.63) is 53.6 Å². The zero-order valence-corrected chi connectivity index (χ0v) is 15.3. The van der Waals surface area contributed by atoms with Gasteiger partial charge in [-0.3, -0.25) is 4.79 Å². The highest BCUT2D eigenvalue weighted by molar-refractivity contribution is 5.94. The van der Waals surface area contributed by atoms with E-state index in [0.29, 0.717) is 23.6 Å². The summed E-state index contributed by atoms with van der Waals surface area (Å²) in [6.45, 7) is 3.12. The molecule has 1 unspecified atom stereocenters. The Bertz CT molecular complexity index is 774. The van der Waals surface area contributed by atoms with E-state index in [1.54, 1.807) is 18.2 Å². The lowest BCUT2D eigenvalue weighted by Gasteiger charge is -2.32. The summed E-state index contributed by atoms with van der Waals surface area (Å²) in [6.07, 6.45) is 1.54. The van der Waals surface area contributed by atoms with E-state index in [1.807, 2.05) is 6.07 Å². The molecule has 1 N–H and O–H groups in total. The van der Waals surface area contributed by atoms with Gasteiger partial charge >= 0.3 is 0 Å². The van der Waals surface area contributed by atoms with E-state index in [4.69, 9.17) is 9.47 Å². The van der Waals surface area contributed by atoms with Crippen LogP contribution in [0, 0.1) is 0 Å². The van der Waals surface area contributed by atoms with Crippen LogP contribution < -0.4 is 14.4 Å². The minimum atomic E-state index is -0.627. The molecule has 2 aromatic carbocycles. The molecular formula is C21H25NO4. The Morgan fingerprint density at radius 2 is 2.04 bits per heavy atom. The van der Waals surface area contributed by atoms with Gasteiger partial charge in [-0.1, -0.05) is 18.2 Å². The molecule has 138 valence electrons. The standard InChI is InChI=1S/C21H25NO4/c1-15(23)17-9-10-20(21(12-17)25-2)26-14-18(24)13-22-11-5-7-16-6-3-4-8-19(16)22/h3-4,6,8-10,12,18,24H,5,7,11,13-14H2,1-2H3. The van der Waals surface area contributed by atoms with Crippen LogP contribution in [-0.4, -0.2) is 43.8 Å². The van der Waals surface area contributed by atoms with E-state index < -0.39 is 6.10 Å². The lowest BCUT2D eigenvalue weighted by molar-refractivity contribution is 0.101. The number of anilines is 1. The van der Waals surface area contributed by atoms with Crippen LogP contribution in [0.4, 0.5) is 5.69 Å². The summed E-state index contributed by atoms with van der Waals surface area (Å²) in [4.78, 5) is 13.7. The number of nitrogens with zero attached hydrogens (tertiary/aromatic N) is 1. The van der Waals surface area contributed by atoms with Gasteiger partial charge in [0, 0.05) is 24.3 Å². The number of fused-ring (bicyclic) bond motifs is 1. The first-order chi connectivity index (χ1) is 12.6. The molecule has 1 aliphatic rings. The predicted molar refractivity (Wildman–Crippen MR) is 101 cm³/mol. The third-order valence-electron chi connectivity index (χ3n) is 4.64. The SMILES string of the molecule is COc1cc(C(C)=O)ccc1OCC(O)CN1CCCc2ccccc21. The lowest BCUT2D eigenvalue weighted by atomic mass is 10.0. The second-order valence-corrected chi connectivity index (χ2v) is 6.56. The third kappa shape index (κ3) is 4.17. The number of ether oxygens (including phenoxy) is 2. The molecule has 26 heavy (non-hydrogen) atoms. The molecule has 1 aliphatic heterocycles. The smallest absolute Gasteiger partial charge is 0.161 e. The Labute approximate surface area is 154 Å². The number of aryl methyl sites for hydroxylation is 1. The Morgan fingerprint density at radius 3 is 2.81 bits per heavy atom. The highest BCUT2D eigenvalue weighted by Gasteiger charge is 2.19. The van der Waals surface area contributed by atoms with Gasteiger partial charge < -0.3 is 19.5 Å². The molecule has 0 saturated heterocycles. The highest BCUT2D eigenvalue weighted by Crippen LogP contribution is 2.29. The lowest BCUT2D eigenvalue weighted by Crippen LogP contribution is -2.38. The van der Waals surface area contributed by atoms with Gasteiger partial charge in [-0.05, 0) is 49.6 Å². The van der Waals surface area contributed by atoms with E-state index in [1.165, 1.54) is 25.3 Å². The number of hydrogen-bond acceptors (Lipinski definition) is 5. The van der Waals surface area contributed by atoms with Crippen molar-refractivity contribution in [1.29, 1.82) is 0 Å². The van der Waals surface area contributed by atoms with Gasteiger partial charge in [-0.25, -0.2) is 0 Å². The summed E-state index contributed by atoms with van der Waals surface area (Å²) in [7, 11) is 1.53. The first-order valence-electron chi connectivity index (χ1n) is 8.91. The summed E-state index contributed by atoms with van der Waals surface area (Å²) in [5.74, 6) is 0.988. The zero-order chi connectivity index (χ0) is 18.5. The maximum absolute atomic E-state index is 11.5. The molecule has 2 aromatic rings. The fourth-order valence-electron chi connectivity index (χ4n) is 3.30. The summed E-state index contributed by atoms with van der Waals surface area (Å²) in [6, 6.07) is 13.4. The number of ketones is 1. The number of Topliss-reactive ketones (excluding diaryl/α,β-unsaturated/α-hetero) is 1. The van der Waals surface area contributed by atoms with Crippen LogP contribution in [0.15, 0.2) is 42.5 Å². The first kappa shape index (κ1) is 18.3. The Kier molecular flexibility index (Phi) is 5.78. The van der Waals surface area contributed by atoms with Crippen LogP contribution >= 0.6 is 0 Å². The maximum Gasteiger partial charge on any atom is 0.161 e. The van der Waals surface area contributed by atoms with Gasteiger partial charge in [0.05, 0.1) is 7.11 Å². The van der Waals surface area contributed by atoms with Crippen LogP contribution in [0.1, 0.15) is 29.3 Å². The van der Waals surface area contributed by atoms with Crippen molar-refractivity contribution in [2.45, 2.75) is 25.9 Å². The molecule has 0 aliphatic carbocycles. The molecule has 0 radical (unpaired) electrons. The van der Waals surface area contributed by atoms with Crippen molar-refractivity contribution in [1.82, 2.24) is 0 Å². The number of carbonyl (C=O) groups excluding carboxylic acids is 1. The fraction of sp³-hybridized carbons (Fsp3) is 0.381. The number of benzene rings is 2. The first-order valence-corrected chi connectivity index (χ1v) is 8.91. The van der Waals surface area contributed by atoms with E-state index >= 15 is 0 Å². The number of aliphatic hydroxyl groups excluding tert-OH is 1. The number of rotatable bonds is 7. The number of β-amino-alcohol motifs (C(OH)–C–C–N with tert-alkyl or cyclic N) is 1. The van der Waals surface area contributed by atoms with Crippen molar-refractivity contribution in [3.8, 4) is 11.5 Å². The van der Waals surface area contributed by atoms with Crippen LogP contribution in [-0.2, 0) is 6.42 Å². The second-order valence-electron chi connectivity index (χ2n) is 6.56. The Morgan fingerprint density at radius 1 is 1.23 bits per heavy atom. The maximum atomic E-state index is 11.5. The molecular weight excluding hydrogens is 330 g/mol. The molecule has 0 saturated carbocycles.